The molecular weight excluding hydrogens is 252 g/mol. The highest BCUT2D eigenvalue weighted by molar-refractivity contribution is 6.01. The van der Waals surface area contributed by atoms with Gasteiger partial charge in [-0.15, -0.1) is 0 Å². The highest BCUT2D eigenvalue weighted by Crippen LogP contribution is 2.19. The van der Waals surface area contributed by atoms with Crippen LogP contribution in [0, 0.1) is 20.8 Å². The smallest absolute Gasteiger partial charge is 0.243 e. The van der Waals surface area contributed by atoms with E-state index in [2.05, 4.69) is 20.5 Å². The van der Waals surface area contributed by atoms with Gasteiger partial charge in [-0.25, -0.2) is 15.4 Å². The number of hydrogen-bond donors (Lipinski definition) is 2. The van der Waals surface area contributed by atoms with Gasteiger partial charge in [0.25, 0.3) is 0 Å². The molecule has 1 heterocycles. The van der Waals surface area contributed by atoms with Gasteiger partial charge >= 0.3 is 0 Å². The predicted molar refractivity (Wildman–Crippen MR) is 80.2 cm³/mol. The first-order valence-corrected chi connectivity index (χ1v) is 6.38. The first kappa shape index (κ1) is 14.0. The number of rotatable bonds is 3. The molecule has 2 rings (SSSR count). The Morgan fingerprint density at radius 2 is 1.75 bits per heavy atom. The quantitative estimate of drug-likeness (QED) is 0.664. The number of hydrogen-bond acceptors (Lipinski definition) is 5. The van der Waals surface area contributed by atoms with E-state index in [-0.39, 0.29) is 5.75 Å². The Kier molecular flexibility index (Phi) is 3.98. The Morgan fingerprint density at radius 1 is 1.10 bits per heavy atom. The largest absolute Gasteiger partial charge is 0.507 e. The average Bonchev–Trinajstić information content (AvgIpc) is 2.38. The van der Waals surface area contributed by atoms with E-state index in [4.69, 9.17) is 0 Å². The van der Waals surface area contributed by atoms with Crippen molar-refractivity contribution < 1.29 is 5.11 Å². The van der Waals surface area contributed by atoms with Crippen molar-refractivity contribution >= 4 is 11.7 Å². The lowest BCUT2D eigenvalue weighted by Gasteiger charge is -2.06. The molecule has 0 radical (unpaired) electrons. The molecule has 1 aromatic carbocycles. The first-order chi connectivity index (χ1) is 9.45. The minimum Gasteiger partial charge on any atom is -0.507 e. The van der Waals surface area contributed by atoms with Gasteiger partial charge in [0.05, 0.1) is 5.71 Å². The van der Waals surface area contributed by atoms with E-state index in [0.29, 0.717) is 17.2 Å². The van der Waals surface area contributed by atoms with Crippen LogP contribution in [0.3, 0.4) is 0 Å². The van der Waals surface area contributed by atoms with Crippen LogP contribution in [-0.4, -0.2) is 20.8 Å². The maximum Gasteiger partial charge on any atom is 0.243 e. The third-order valence-electron chi connectivity index (χ3n) is 2.85. The number of aryl methyl sites for hydroxylation is 3. The summed E-state index contributed by atoms with van der Waals surface area (Å²) in [4.78, 5) is 8.50. The monoisotopic (exact) mass is 270 g/mol. The van der Waals surface area contributed by atoms with Gasteiger partial charge in [0.1, 0.15) is 5.75 Å². The maximum absolute atomic E-state index is 9.85. The summed E-state index contributed by atoms with van der Waals surface area (Å²) in [6.45, 7) is 7.60. The minimum atomic E-state index is 0.208. The number of nitrogens with one attached hydrogen (secondary N) is 1. The second kappa shape index (κ2) is 5.69. The lowest BCUT2D eigenvalue weighted by Crippen LogP contribution is -2.04. The second-order valence-corrected chi connectivity index (χ2v) is 4.80. The van der Waals surface area contributed by atoms with Crippen molar-refractivity contribution in [2.45, 2.75) is 27.7 Å². The number of phenolic OH excluding ortho intramolecular Hbond substituents is 1. The van der Waals surface area contributed by atoms with E-state index in [0.717, 1.165) is 17.0 Å². The predicted octanol–water partition coefficient (Wildman–Crippen LogP) is 2.94. The fourth-order valence-corrected chi connectivity index (χ4v) is 1.91. The molecule has 104 valence electrons. The first-order valence-electron chi connectivity index (χ1n) is 6.38. The van der Waals surface area contributed by atoms with E-state index in [9.17, 15) is 5.11 Å². The van der Waals surface area contributed by atoms with Gasteiger partial charge in [0.15, 0.2) is 0 Å². The van der Waals surface area contributed by atoms with E-state index in [1.165, 1.54) is 0 Å². The van der Waals surface area contributed by atoms with Gasteiger partial charge in [0.2, 0.25) is 5.95 Å². The summed E-state index contributed by atoms with van der Waals surface area (Å²) in [6.07, 6.45) is 0. The molecule has 0 saturated heterocycles. The third kappa shape index (κ3) is 3.32. The zero-order valence-electron chi connectivity index (χ0n) is 12.1. The van der Waals surface area contributed by atoms with Gasteiger partial charge in [-0.3, -0.25) is 0 Å². The molecule has 20 heavy (non-hydrogen) atoms. The lowest BCUT2D eigenvalue weighted by atomic mass is 10.1. The Labute approximate surface area is 118 Å². The van der Waals surface area contributed by atoms with Crippen LogP contribution in [-0.2, 0) is 0 Å². The van der Waals surface area contributed by atoms with Gasteiger partial charge in [-0.05, 0) is 45.9 Å². The SMILES string of the molecule is C/C(=N\Nc1nc(C)cc(C)n1)c1cc(C)ccc1O. The van der Waals surface area contributed by atoms with Gasteiger partial charge in [-0.2, -0.15) is 5.10 Å². The molecule has 5 nitrogen and oxygen atoms in total. The van der Waals surface area contributed by atoms with Crippen LogP contribution in [0.25, 0.3) is 0 Å². The van der Waals surface area contributed by atoms with E-state index in [1.807, 2.05) is 45.9 Å². The Bertz CT molecular complexity index is 645. The molecular formula is C15H18N4O. The van der Waals surface area contributed by atoms with Crippen molar-refractivity contribution in [2.24, 2.45) is 5.10 Å². The summed E-state index contributed by atoms with van der Waals surface area (Å²) in [5.74, 6) is 0.661. The number of nitrogens with zero attached hydrogens (tertiary/aromatic N) is 3. The average molecular weight is 270 g/mol. The number of anilines is 1. The number of aromatic hydroxyl groups is 1. The third-order valence-corrected chi connectivity index (χ3v) is 2.85. The van der Waals surface area contributed by atoms with E-state index < -0.39 is 0 Å². The van der Waals surface area contributed by atoms with Crippen molar-refractivity contribution in [3.05, 3.63) is 46.8 Å². The van der Waals surface area contributed by atoms with Crippen molar-refractivity contribution in [1.29, 1.82) is 0 Å². The fraction of sp³-hybridized carbons (Fsp3) is 0.267. The number of aromatic nitrogens is 2. The van der Waals surface area contributed by atoms with Crippen molar-refractivity contribution in [1.82, 2.24) is 9.97 Å². The molecule has 0 aliphatic heterocycles. The number of hydrazone groups is 1. The lowest BCUT2D eigenvalue weighted by molar-refractivity contribution is 0.474. The standard InChI is InChI=1S/C15H18N4O/c1-9-5-6-14(20)13(7-9)12(4)18-19-15-16-10(2)8-11(3)17-15/h5-8,20H,1-4H3,(H,16,17,19)/b18-12+. The van der Waals surface area contributed by atoms with Crippen LogP contribution in [0.15, 0.2) is 29.4 Å². The summed E-state index contributed by atoms with van der Waals surface area (Å²) >= 11 is 0. The van der Waals surface area contributed by atoms with E-state index in [1.54, 1.807) is 6.07 Å². The molecule has 0 unspecified atom stereocenters. The van der Waals surface area contributed by atoms with Crippen LogP contribution < -0.4 is 5.43 Å². The summed E-state index contributed by atoms with van der Waals surface area (Å²) in [7, 11) is 0. The molecule has 2 N–H and O–H groups in total. The van der Waals surface area contributed by atoms with Crippen LogP contribution in [0.4, 0.5) is 5.95 Å². The van der Waals surface area contributed by atoms with Crippen molar-refractivity contribution in [3.63, 3.8) is 0 Å². The van der Waals surface area contributed by atoms with Crippen LogP contribution >= 0.6 is 0 Å². The molecule has 0 aliphatic carbocycles. The van der Waals surface area contributed by atoms with Gasteiger partial charge in [0, 0.05) is 17.0 Å². The molecule has 1 aromatic heterocycles. The van der Waals surface area contributed by atoms with E-state index >= 15 is 0 Å². The van der Waals surface area contributed by atoms with Crippen LogP contribution in [0.1, 0.15) is 29.4 Å². The topological polar surface area (TPSA) is 70.4 Å². The highest BCUT2D eigenvalue weighted by Gasteiger charge is 2.05. The molecule has 0 bridgehead atoms. The number of phenols is 1. The molecule has 0 saturated carbocycles. The molecule has 0 atom stereocenters. The van der Waals surface area contributed by atoms with Crippen LogP contribution in [0.5, 0.6) is 5.75 Å². The zero-order valence-corrected chi connectivity index (χ0v) is 12.1. The molecule has 5 heteroatoms. The number of benzene rings is 1. The minimum absolute atomic E-state index is 0.208. The Balaban J connectivity index is 2.24. The van der Waals surface area contributed by atoms with Gasteiger partial charge in [-0.1, -0.05) is 11.6 Å². The van der Waals surface area contributed by atoms with Crippen LogP contribution in [0.2, 0.25) is 0 Å². The van der Waals surface area contributed by atoms with Crippen molar-refractivity contribution in [2.75, 3.05) is 5.43 Å². The molecule has 0 fully saturated rings. The molecule has 2 aromatic rings. The summed E-state index contributed by atoms with van der Waals surface area (Å²) in [5.41, 5.74) is 7.02. The molecule has 0 spiro atoms. The summed E-state index contributed by atoms with van der Waals surface area (Å²) in [5, 5.41) is 14.1. The molecule has 0 aliphatic rings. The highest BCUT2D eigenvalue weighted by atomic mass is 16.3. The summed E-state index contributed by atoms with van der Waals surface area (Å²) in [6, 6.07) is 7.30. The Morgan fingerprint density at radius 3 is 2.40 bits per heavy atom. The van der Waals surface area contributed by atoms with Crippen molar-refractivity contribution in [3.8, 4) is 5.75 Å². The second-order valence-electron chi connectivity index (χ2n) is 4.80. The zero-order chi connectivity index (χ0) is 14.7. The normalized spacial score (nSPS) is 11.5. The molecule has 0 amide bonds. The van der Waals surface area contributed by atoms with Gasteiger partial charge < -0.3 is 5.11 Å². The fourth-order valence-electron chi connectivity index (χ4n) is 1.91. The maximum atomic E-state index is 9.85. The Hall–Kier alpha value is -2.43. The summed E-state index contributed by atoms with van der Waals surface area (Å²) < 4.78 is 0.